The molecule has 4 rings (SSSR count). The van der Waals surface area contributed by atoms with Gasteiger partial charge in [0.25, 0.3) is 0 Å². The Labute approximate surface area is 215 Å². The molecule has 1 atom stereocenters. The van der Waals surface area contributed by atoms with Crippen molar-refractivity contribution < 1.29 is 46.1 Å². The normalized spacial score (nSPS) is 16.0. The van der Waals surface area contributed by atoms with Crippen LogP contribution in [0, 0.1) is 11.3 Å². The van der Waals surface area contributed by atoms with Crippen LogP contribution in [0.15, 0.2) is 63.5 Å². The third-order valence-corrected chi connectivity index (χ3v) is 14.4. The smallest absolute Gasteiger partial charge is 1.00 e. The number of hydrogen-bond acceptors (Lipinski definition) is 0. The molecule has 0 saturated carbocycles. The SMILES string of the molecule is CCCCC1C=C(C(C)(C)C)C=[C]1[Zr+2](=[C](C)C)[c]1cccc2c1Cc1ccccc1-2.[Cl-].[Cl-]. The first-order valence-electron chi connectivity index (χ1n) is 11.6. The predicted molar refractivity (Wildman–Crippen MR) is 129 cm³/mol. The molecule has 0 radical (unpaired) electrons. The number of allylic oxidation sites excluding steroid dienone is 4. The number of rotatable bonds is 5. The van der Waals surface area contributed by atoms with E-state index in [2.05, 4.69) is 96.2 Å². The van der Waals surface area contributed by atoms with Crippen molar-refractivity contribution in [3.63, 3.8) is 0 Å². The monoisotopic (exact) mass is 544 g/mol. The molecule has 0 amide bonds. The maximum atomic E-state index is 2.64. The molecule has 0 heterocycles. The van der Waals surface area contributed by atoms with Crippen molar-refractivity contribution in [2.24, 2.45) is 11.3 Å². The largest absolute Gasteiger partial charge is 1.00 e. The minimum absolute atomic E-state index is 0. The van der Waals surface area contributed by atoms with Crippen LogP contribution in [-0.4, -0.2) is 3.21 Å². The van der Waals surface area contributed by atoms with Gasteiger partial charge in [0.15, 0.2) is 0 Å². The molecule has 0 nitrogen and oxygen atoms in total. The number of unbranched alkanes of at least 4 members (excludes halogenated alkanes) is 1. The Morgan fingerprint density at radius 3 is 2.31 bits per heavy atom. The summed E-state index contributed by atoms with van der Waals surface area (Å²) in [6.45, 7) is 14.3. The predicted octanol–water partition coefficient (Wildman–Crippen LogP) is 1.40. The van der Waals surface area contributed by atoms with Gasteiger partial charge in [0.1, 0.15) is 0 Å². The average Bonchev–Trinajstić information content (AvgIpc) is 3.28. The Morgan fingerprint density at radius 2 is 1.66 bits per heavy atom. The van der Waals surface area contributed by atoms with Crippen LogP contribution in [0.5, 0.6) is 0 Å². The van der Waals surface area contributed by atoms with Gasteiger partial charge in [0, 0.05) is 0 Å². The first kappa shape index (κ1) is 27.5. The standard InChI is InChI=1S/C13H9.C13H21.C3H6.2ClH.Zr/c1-3-7-12-10(5-1)9-11-6-2-4-8-13(11)12;1-5-6-7-11-8-9-12(10-11)13(2,3)4;1-3-2;;;/h1-5,7-8H,9H2;9-11H,5-7H2,1-4H3;1-2H3;2*1H;/q;;;;;+2/p-2. The van der Waals surface area contributed by atoms with Crippen LogP contribution < -0.4 is 28.1 Å². The maximum absolute atomic E-state index is 2.64. The van der Waals surface area contributed by atoms with E-state index in [-0.39, 0.29) is 30.2 Å². The molecular weight excluding hydrogens is 510 g/mol. The fourth-order valence-electron chi connectivity index (χ4n) is 5.12. The summed E-state index contributed by atoms with van der Waals surface area (Å²) in [5.74, 6) is 0.656. The fraction of sp³-hybridized carbons (Fsp3) is 0.414. The summed E-state index contributed by atoms with van der Waals surface area (Å²) in [4.78, 5) is 0. The maximum Gasteiger partial charge on any atom is -1.00 e. The number of fused-ring (bicyclic) bond motifs is 3. The Kier molecular flexibility index (Phi) is 9.55. The van der Waals surface area contributed by atoms with Crippen molar-refractivity contribution >= 4 is 6.48 Å². The van der Waals surface area contributed by atoms with Gasteiger partial charge < -0.3 is 24.8 Å². The third kappa shape index (κ3) is 5.32. The molecule has 170 valence electrons. The quantitative estimate of drug-likeness (QED) is 0.454. The molecule has 3 heteroatoms. The van der Waals surface area contributed by atoms with Crippen LogP contribution in [0.2, 0.25) is 0 Å². The molecular formula is C29H36Cl2Zr. The fourth-order valence-corrected chi connectivity index (χ4v) is 12.8. The molecule has 0 saturated heterocycles. The van der Waals surface area contributed by atoms with Crippen LogP contribution in [0.1, 0.15) is 71.9 Å². The van der Waals surface area contributed by atoms with E-state index in [1.165, 1.54) is 36.0 Å². The average molecular weight is 547 g/mol. The van der Waals surface area contributed by atoms with E-state index in [4.69, 9.17) is 0 Å². The molecule has 2 aliphatic rings. The number of hydrogen-bond donors (Lipinski definition) is 0. The molecule has 32 heavy (non-hydrogen) atoms. The zero-order valence-corrected chi connectivity index (χ0v) is 24.3. The molecule has 0 aromatic heterocycles. The van der Waals surface area contributed by atoms with Crippen molar-refractivity contribution in [2.45, 2.75) is 67.2 Å². The van der Waals surface area contributed by atoms with Gasteiger partial charge in [-0.2, -0.15) is 0 Å². The van der Waals surface area contributed by atoms with Crippen molar-refractivity contribution in [3.8, 4) is 11.1 Å². The Bertz CT molecular complexity index is 1060. The van der Waals surface area contributed by atoms with Crippen LogP contribution >= 0.6 is 0 Å². The number of halogens is 2. The van der Waals surface area contributed by atoms with Crippen molar-refractivity contribution in [3.05, 3.63) is 74.6 Å². The van der Waals surface area contributed by atoms with Crippen molar-refractivity contribution in [1.29, 1.82) is 0 Å². The Balaban J connectivity index is 0.00000181. The molecule has 0 spiro atoms. The second-order valence-electron chi connectivity index (χ2n) is 10.3. The molecule has 2 aromatic rings. The van der Waals surface area contributed by atoms with Crippen molar-refractivity contribution in [1.82, 2.24) is 0 Å². The summed E-state index contributed by atoms with van der Waals surface area (Å²) in [6, 6.07) is 16.2. The second-order valence-corrected chi connectivity index (χ2v) is 17.3. The van der Waals surface area contributed by atoms with E-state index in [1.54, 1.807) is 17.6 Å². The molecule has 0 fully saturated rings. The molecule has 2 aliphatic carbocycles. The van der Waals surface area contributed by atoms with Crippen LogP contribution in [0.4, 0.5) is 0 Å². The van der Waals surface area contributed by atoms with Crippen LogP contribution in [-0.2, 0) is 27.7 Å². The molecule has 0 aliphatic heterocycles. The van der Waals surface area contributed by atoms with E-state index in [0.717, 1.165) is 6.42 Å². The zero-order chi connectivity index (χ0) is 21.5. The summed E-state index contributed by atoms with van der Waals surface area (Å²) < 4.78 is 5.25. The molecule has 2 aromatic carbocycles. The van der Waals surface area contributed by atoms with E-state index in [0.29, 0.717) is 5.92 Å². The van der Waals surface area contributed by atoms with E-state index >= 15 is 0 Å². The molecule has 0 N–H and O–H groups in total. The summed E-state index contributed by atoms with van der Waals surface area (Å²) >= 11 is -2.12. The molecule has 0 bridgehead atoms. The van der Waals surface area contributed by atoms with Gasteiger partial charge in [-0.1, -0.05) is 0 Å². The topological polar surface area (TPSA) is 0 Å². The van der Waals surface area contributed by atoms with Gasteiger partial charge in [0.05, 0.1) is 0 Å². The second kappa shape index (κ2) is 11.1. The van der Waals surface area contributed by atoms with Gasteiger partial charge >= 0.3 is 192 Å². The number of benzene rings is 2. The Hall–Kier alpha value is -0.747. The van der Waals surface area contributed by atoms with Gasteiger partial charge in [-0.05, 0) is 0 Å². The van der Waals surface area contributed by atoms with Gasteiger partial charge in [-0.25, -0.2) is 0 Å². The van der Waals surface area contributed by atoms with Gasteiger partial charge in [-0.15, -0.1) is 0 Å². The van der Waals surface area contributed by atoms with E-state index < -0.39 is 21.3 Å². The minimum atomic E-state index is -2.12. The Morgan fingerprint density at radius 1 is 0.969 bits per heavy atom. The van der Waals surface area contributed by atoms with Crippen LogP contribution in [0.25, 0.3) is 11.1 Å². The summed E-state index contributed by atoms with van der Waals surface area (Å²) in [5, 5.41) is 0. The first-order chi connectivity index (χ1) is 14.3. The van der Waals surface area contributed by atoms with Gasteiger partial charge in [-0.3, -0.25) is 0 Å². The van der Waals surface area contributed by atoms with E-state index in [9.17, 15) is 0 Å². The van der Waals surface area contributed by atoms with Crippen molar-refractivity contribution in [2.75, 3.05) is 0 Å². The minimum Gasteiger partial charge on any atom is -1.00 e. The summed E-state index contributed by atoms with van der Waals surface area (Å²) in [7, 11) is 0. The third-order valence-electron chi connectivity index (χ3n) is 6.73. The first-order valence-corrected chi connectivity index (χ1v) is 15.3. The van der Waals surface area contributed by atoms with Crippen LogP contribution in [0.3, 0.4) is 0 Å². The zero-order valence-electron chi connectivity index (χ0n) is 20.4. The van der Waals surface area contributed by atoms with Gasteiger partial charge in [0.2, 0.25) is 0 Å². The summed E-state index contributed by atoms with van der Waals surface area (Å²) in [6.07, 6.45) is 10.3. The van der Waals surface area contributed by atoms with E-state index in [1.807, 2.05) is 3.28 Å². The summed E-state index contributed by atoms with van der Waals surface area (Å²) in [5.41, 5.74) is 7.89. The molecule has 1 unspecified atom stereocenters.